The van der Waals surface area contributed by atoms with Crippen molar-refractivity contribution in [2.24, 2.45) is 5.73 Å². The SMILES string of the molecule is CCOC(=O)Cc1csc(NC(=O)[C@H](C)N)n1. The van der Waals surface area contributed by atoms with Gasteiger partial charge in [-0.25, -0.2) is 4.98 Å². The predicted octanol–water partition coefficient (Wildman–Crippen LogP) is 0.534. The van der Waals surface area contributed by atoms with Gasteiger partial charge in [0.2, 0.25) is 5.91 Å². The fraction of sp³-hybridized carbons (Fsp3) is 0.500. The molecule has 0 aromatic carbocycles. The van der Waals surface area contributed by atoms with Crippen molar-refractivity contribution in [3.63, 3.8) is 0 Å². The maximum atomic E-state index is 11.3. The Hall–Kier alpha value is -1.47. The third kappa shape index (κ3) is 4.49. The van der Waals surface area contributed by atoms with E-state index in [1.54, 1.807) is 19.2 Å². The summed E-state index contributed by atoms with van der Waals surface area (Å²) in [5, 5.41) is 4.70. The molecule has 0 spiro atoms. The molecule has 0 unspecified atom stereocenters. The number of esters is 1. The number of nitrogens with one attached hydrogen (secondary N) is 1. The molecule has 0 saturated carbocycles. The number of rotatable bonds is 5. The van der Waals surface area contributed by atoms with E-state index in [4.69, 9.17) is 10.5 Å². The van der Waals surface area contributed by atoms with E-state index in [9.17, 15) is 9.59 Å². The zero-order valence-corrected chi connectivity index (χ0v) is 10.5. The monoisotopic (exact) mass is 257 g/mol. The summed E-state index contributed by atoms with van der Waals surface area (Å²) in [5.41, 5.74) is 5.98. The van der Waals surface area contributed by atoms with Gasteiger partial charge in [-0.3, -0.25) is 9.59 Å². The molecule has 0 saturated heterocycles. The van der Waals surface area contributed by atoms with Gasteiger partial charge >= 0.3 is 5.97 Å². The molecule has 0 bridgehead atoms. The zero-order chi connectivity index (χ0) is 12.8. The quantitative estimate of drug-likeness (QED) is 0.750. The Morgan fingerprint density at radius 3 is 2.94 bits per heavy atom. The van der Waals surface area contributed by atoms with Crippen LogP contribution in [0.25, 0.3) is 0 Å². The van der Waals surface area contributed by atoms with Gasteiger partial charge in [0.1, 0.15) is 0 Å². The fourth-order valence-electron chi connectivity index (χ4n) is 1.02. The summed E-state index contributed by atoms with van der Waals surface area (Å²) in [5.74, 6) is -0.634. The minimum absolute atomic E-state index is 0.110. The molecule has 0 aliphatic rings. The first kappa shape index (κ1) is 13.6. The Labute approximate surface area is 103 Å². The van der Waals surface area contributed by atoms with Gasteiger partial charge in [0.05, 0.1) is 24.8 Å². The number of hydrogen-bond acceptors (Lipinski definition) is 6. The van der Waals surface area contributed by atoms with Gasteiger partial charge in [-0.15, -0.1) is 11.3 Å². The van der Waals surface area contributed by atoms with Crippen molar-refractivity contribution in [1.82, 2.24) is 4.98 Å². The molecule has 1 rings (SSSR count). The molecule has 1 heterocycles. The summed E-state index contributed by atoms with van der Waals surface area (Å²) < 4.78 is 4.79. The lowest BCUT2D eigenvalue weighted by Gasteiger charge is -2.03. The molecule has 6 nitrogen and oxygen atoms in total. The smallest absolute Gasteiger partial charge is 0.311 e. The number of carbonyl (C=O) groups is 2. The number of hydrogen-bond donors (Lipinski definition) is 2. The first-order valence-corrected chi connectivity index (χ1v) is 6.07. The van der Waals surface area contributed by atoms with Crippen LogP contribution in [0.15, 0.2) is 5.38 Å². The molecule has 1 aromatic heterocycles. The van der Waals surface area contributed by atoms with Crippen LogP contribution in [0.1, 0.15) is 19.5 Å². The predicted molar refractivity (Wildman–Crippen MR) is 64.7 cm³/mol. The van der Waals surface area contributed by atoms with Gasteiger partial charge in [-0.05, 0) is 13.8 Å². The molecule has 0 radical (unpaired) electrons. The summed E-state index contributed by atoms with van der Waals surface area (Å²) >= 11 is 1.25. The second-order valence-electron chi connectivity index (χ2n) is 3.40. The number of anilines is 1. The van der Waals surface area contributed by atoms with Crippen LogP contribution in [0.3, 0.4) is 0 Å². The van der Waals surface area contributed by atoms with E-state index in [0.717, 1.165) is 0 Å². The van der Waals surface area contributed by atoms with Gasteiger partial charge in [-0.1, -0.05) is 0 Å². The number of nitrogens with two attached hydrogens (primary N) is 1. The Kier molecular flexibility index (Phi) is 5.05. The van der Waals surface area contributed by atoms with Crippen molar-refractivity contribution >= 4 is 28.3 Å². The second-order valence-corrected chi connectivity index (χ2v) is 4.26. The maximum absolute atomic E-state index is 11.3. The highest BCUT2D eigenvalue weighted by Gasteiger charge is 2.12. The Morgan fingerprint density at radius 2 is 2.35 bits per heavy atom. The Morgan fingerprint density at radius 1 is 1.65 bits per heavy atom. The van der Waals surface area contributed by atoms with Gasteiger partial charge < -0.3 is 15.8 Å². The lowest BCUT2D eigenvalue weighted by atomic mass is 10.3. The minimum atomic E-state index is -0.590. The third-order valence-corrected chi connectivity index (χ3v) is 2.63. The first-order valence-electron chi connectivity index (χ1n) is 5.19. The number of carbonyl (C=O) groups excluding carboxylic acids is 2. The lowest BCUT2D eigenvalue weighted by molar-refractivity contribution is -0.142. The molecule has 3 N–H and O–H groups in total. The van der Waals surface area contributed by atoms with Crippen LogP contribution >= 0.6 is 11.3 Å². The molecular weight excluding hydrogens is 242 g/mol. The summed E-state index contributed by atoms with van der Waals surface area (Å²) in [6.07, 6.45) is 0.110. The molecule has 0 fully saturated rings. The highest BCUT2D eigenvalue weighted by Crippen LogP contribution is 2.16. The molecule has 0 aliphatic heterocycles. The van der Waals surface area contributed by atoms with Crippen LogP contribution in [0.2, 0.25) is 0 Å². The van der Waals surface area contributed by atoms with E-state index >= 15 is 0 Å². The molecule has 1 amide bonds. The summed E-state index contributed by atoms with van der Waals surface area (Å²) in [4.78, 5) is 26.6. The Bertz CT molecular complexity index is 403. The number of amides is 1. The first-order chi connectivity index (χ1) is 8.02. The van der Waals surface area contributed by atoms with E-state index in [0.29, 0.717) is 17.4 Å². The van der Waals surface area contributed by atoms with Crippen molar-refractivity contribution in [3.05, 3.63) is 11.1 Å². The van der Waals surface area contributed by atoms with E-state index in [1.807, 2.05) is 0 Å². The fourth-order valence-corrected chi connectivity index (χ4v) is 1.74. The number of thiazole rings is 1. The van der Waals surface area contributed by atoms with Crippen LogP contribution in [0.5, 0.6) is 0 Å². The number of nitrogens with zero attached hydrogens (tertiary/aromatic N) is 1. The molecular formula is C10H15N3O3S. The largest absolute Gasteiger partial charge is 0.466 e. The maximum Gasteiger partial charge on any atom is 0.311 e. The number of ether oxygens (including phenoxy) is 1. The molecule has 1 atom stereocenters. The summed E-state index contributed by atoms with van der Waals surface area (Å²) in [6, 6.07) is -0.590. The molecule has 1 aromatic rings. The average Bonchev–Trinajstić information content (AvgIpc) is 2.65. The molecule has 7 heteroatoms. The van der Waals surface area contributed by atoms with Crippen molar-refractivity contribution in [1.29, 1.82) is 0 Å². The molecule has 17 heavy (non-hydrogen) atoms. The molecule has 94 valence electrons. The van der Waals surface area contributed by atoms with Gasteiger partial charge in [0.25, 0.3) is 0 Å². The van der Waals surface area contributed by atoms with E-state index < -0.39 is 6.04 Å². The van der Waals surface area contributed by atoms with Gasteiger partial charge in [0.15, 0.2) is 5.13 Å². The second kappa shape index (κ2) is 6.31. The van der Waals surface area contributed by atoms with E-state index in [2.05, 4.69) is 10.3 Å². The van der Waals surface area contributed by atoms with E-state index in [1.165, 1.54) is 11.3 Å². The Balaban J connectivity index is 2.53. The summed E-state index contributed by atoms with van der Waals surface area (Å²) in [7, 11) is 0. The van der Waals surface area contributed by atoms with Crippen LogP contribution < -0.4 is 11.1 Å². The minimum Gasteiger partial charge on any atom is -0.466 e. The van der Waals surface area contributed by atoms with Crippen LogP contribution in [0.4, 0.5) is 5.13 Å². The van der Waals surface area contributed by atoms with Crippen LogP contribution in [-0.4, -0.2) is 29.5 Å². The van der Waals surface area contributed by atoms with Crippen LogP contribution in [0, 0.1) is 0 Å². The van der Waals surface area contributed by atoms with Gasteiger partial charge in [-0.2, -0.15) is 0 Å². The standard InChI is InChI=1S/C10H15N3O3S/c1-3-16-8(14)4-7-5-17-10(12-7)13-9(15)6(2)11/h5-6H,3-4,11H2,1-2H3,(H,12,13,15)/t6-/m0/s1. The highest BCUT2D eigenvalue weighted by atomic mass is 32.1. The zero-order valence-electron chi connectivity index (χ0n) is 9.73. The lowest BCUT2D eigenvalue weighted by Crippen LogP contribution is -2.32. The van der Waals surface area contributed by atoms with Crippen molar-refractivity contribution in [3.8, 4) is 0 Å². The highest BCUT2D eigenvalue weighted by molar-refractivity contribution is 7.13. The van der Waals surface area contributed by atoms with Crippen molar-refractivity contribution in [2.45, 2.75) is 26.3 Å². The molecule has 0 aliphatic carbocycles. The van der Waals surface area contributed by atoms with Crippen molar-refractivity contribution < 1.29 is 14.3 Å². The third-order valence-electron chi connectivity index (χ3n) is 1.83. The van der Waals surface area contributed by atoms with Crippen LogP contribution in [-0.2, 0) is 20.7 Å². The topological polar surface area (TPSA) is 94.3 Å². The number of aromatic nitrogens is 1. The summed E-state index contributed by atoms with van der Waals surface area (Å²) in [6.45, 7) is 3.67. The van der Waals surface area contributed by atoms with E-state index in [-0.39, 0.29) is 18.3 Å². The van der Waals surface area contributed by atoms with Gasteiger partial charge in [0, 0.05) is 5.38 Å². The van der Waals surface area contributed by atoms with Crippen molar-refractivity contribution in [2.75, 3.05) is 11.9 Å². The normalized spacial score (nSPS) is 11.9. The average molecular weight is 257 g/mol.